The van der Waals surface area contributed by atoms with Gasteiger partial charge in [0.15, 0.2) is 0 Å². The Morgan fingerprint density at radius 1 is 1.20 bits per heavy atom. The van der Waals surface area contributed by atoms with Crippen LogP contribution in [0, 0.1) is 0 Å². The van der Waals surface area contributed by atoms with Gasteiger partial charge in [0.25, 0.3) is 0 Å². The van der Waals surface area contributed by atoms with Crippen molar-refractivity contribution in [3.8, 4) is 5.75 Å². The highest BCUT2D eigenvalue weighted by atomic mass is 35.5. The zero-order chi connectivity index (χ0) is 21.7. The largest absolute Gasteiger partial charge is 0.489 e. The maximum Gasteiger partial charge on any atom is 0.417 e. The van der Waals surface area contributed by atoms with Gasteiger partial charge < -0.3 is 9.47 Å². The second-order valence-corrected chi connectivity index (χ2v) is 7.70. The highest BCUT2D eigenvalue weighted by Gasteiger charge is 2.33. The number of nitrogens with zero attached hydrogens (tertiary/aromatic N) is 1. The number of ether oxygens (including phenoxy) is 2. The lowest BCUT2D eigenvalue weighted by Gasteiger charge is -2.32. The van der Waals surface area contributed by atoms with E-state index >= 15 is 0 Å². The van der Waals surface area contributed by atoms with Crippen LogP contribution in [0.2, 0.25) is 5.02 Å². The Balaban J connectivity index is 1.59. The molecule has 3 rings (SSSR count). The summed E-state index contributed by atoms with van der Waals surface area (Å²) in [7, 11) is 0. The molecule has 0 saturated carbocycles. The van der Waals surface area contributed by atoms with Gasteiger partial charge in [0, 0.05) is 31.6 Å². The van der Waals surface area contributed by atoms with Gasteiger partial charge in [-0.25, -0.2) is 0 Å². The standard InChI is InChI=1S/C21H20Cl2F3NO3/c22-19(28)8-9-27-10-11-29-18(12-27)14-4-6-16(7-5-14)30-13-15-2-1-3-17(20(15)23)21(24,25)26/h1-7,18H,8-13H2. The van der Waals surface area contributed by atoms with Gasteiger partial charge in [-0.05, 0) is 35.4 Å². The molecule has 1 heterocycles. The number of carbonyl (C=O) groups is 1. The Hall–Kier alpha value is -1.80. The lowest BCUT2D eigenvalue weighted by Crippen LogP contribution is -2.39. The van der Waals surface area contributed by atoms with Crippen molar-refractivity contribution < 1.29 is 27.4 Å². The predicted molar refractivity (Wildman–Crippen MR) is 108 cm³/mol. The lowest BCUT2D eigenvalue weighted by atomic mass is 10.1. The number of halogens is 5. The Morgan fingerprint density at radius 2 is 1.93 bits per heavy atom. The van der Waals surface area contributed by atoms with Crippen LogP contribution in [0.15, 0.2) is 42.5 Å². The molecule has 0 N–H and O–H groups in total. The molecule has 1 aliphatic rings. The van der Waals surface area contributed by atoms with Crippen LogP contribution in [0.25, 0.3) is 0 Å². The van der Waals surface area contributed by atoms with E-state index in [1.165, 1.54) is 12.1 Å². The fourth-order valence-corrected chi connectivity index (χ4v) is 3.58. The monoisotopic (exact) mass is 461 g/mol. The van der Waals surface area contributed by atoms with Crippen molar-refractivity contribution in [2.24, 2.45) is 0 Å². The summed E-state index contributed by atoms with van der Waals surface area (Å²) in [5, 5.41) is -0.715. The van der Waals surface area contributed by atoms with Gasteiger partial charge in [-0.3, -0.25) is 9.69 Å². The number of benzene rings is 2. The molecule has 0 aromatic heterocycles. The molecule has 2 aromatic rings. The second-order valence-electron chi connectivity index (χ2n) is 6.90. The third-order valence-corrected chi connectivity index (χ3v) is 5.44. The van der Waals surface area contributed by atoms with E-state index in [1.807, 2.05) is 12.1 Å². The van der Waals surface area contributed by atoms with E-state index in [9.17, 15) is 18.0 Å². The maximum absolute atomic E-state index is 13.0. The second kappa shape index (κ2) is 10.0. The molecular weight excluding hydrogens is 442 g/mol. The molecule has 4 nitrogen and oxygen atoms in total. The van der Waals surface area contributed by atoms with Gasteiger partial charge in [-0.1, -0.05) is 35.9 Å². The number of carbonyl (C=O) groups excluding carboxylic acids is 1. The van der Waals surface area contributed by atoms with Crippen LogP contribution in [0.3, 0.4) is 0 Å². The van der Waals surface area contributed by atoms with Crippen LogP contribution in [0.1, 0.15) is 29.2 Å². The lowest BCUT2D eigenvalue weighted by molar-refractivity contribution is -0.137. The molecule has 2 aromatic carbocycles. The summed E-state index contributed by atoms with van der Waals surface area (Å²) >= 11 is 11.3. The zero-order valence-electron chi connectivity index (χ0n) is 15.9. The number of hydrogen-bond donors (Lipinski definition) is 0. The molecule has 0 radical (unpaired) electrons. The molecule has 30 heavy (non-hydrogen) atoms. The molecule has 0 bridgehead atoms. The normalized spacial score (nSPS) is 17.7. The van der Waals surface area contributed by atoms with Crippen molar-refractivity contribution in [2.45, 2.75) is 25.3 Å². The summed E-state index contributed by atoms with van der Waals surface area (Å²) in [6.45, 7) is 2.43. The molecule has 1 fully saturated rings. The first-order valence-corrected chi connectivity index (χ1v) is 10.1. The smallest absolute Gasteiger partial charge is 0.417 e. The summed E-state index contributed by atoms with van der Waals surface area (Å²) in [5.74, 6) is 0.507. The Morgan fingerprint density at radius 3 is 2.60 bits per heavy atom. The maximum atomic E-state index is 13.0. The van der Waals surface area contributed by atoms with Crippen LogP contribution in [-0.4, -0.2) is 36.4 Å². The highest BCUT2D eigenvalue weighted by Crippen LogP contribution is 2.36. The SMILES string of the molecule is O=C(Cl)CCN1CCOC(c2ccc(OCc3cccc(C(F)(F)F)c3Cl)cc2)C1. The van der Waals surface area contributed by atoms with Crippen molar-refractivity contribution in [2.75, 3.05) is 26.2 Å². The predicted octanol–water partition coefficient (Wildman–Crippen LogP) is 5.47. The van der Waals surface area contributed by atoms with Crippen LogP contribution in [0.4, 0.5) is 13.2 Å². The van der Waals surface area contributed by atoms with Gasteiger partial charge in [0.05, 0.1) is 23.3 Å². The molecule has 1 unspecified atom stereocenters. The molecule has 0 spiro atoms. The van der Waals surface area contributed by atoms with Gasteiger partial charge in [0.2, 0.25) is 5.24 Å². The quantitative estimate of drug-likeness (QED) is 0.512. The Kier molecular flexibility index (Phi) is 7.63. The van der Waals surface area contributed by atoms with Gasteiger partial charge >= 0.3 is 6.18 Å². The number of alkyl halides is 3. The van der Waals surface area contributed by atoms with Crippen molar-refractivity contribution in [3.63, 3.8) is 0 Å². The van der Waals surface area contributed by atoms with Crippen molar-refractivity contribution in [1.82, 2.24) is 4.90 Å². The molecular formula is C21H20Cl2F3NO3. The van der Waals surface area contributed by atoms with E-state index in [0.29, 0.717) is 31.9 Å². The van der Waals surface area contributed by atoms with Gasteiger partial charge in [-0.2, -0.15) is 13.2 Å². The highest BCUT2D eigenvalue weighted by molar-refractivity contribution is 6.63. The van der Waals surface area contributed by atoms with E-state index in [-0.39, 0.29) is 28.5 Å². The van der Waals surface area contributed by atoms with E-state index in [2.05, 4.69) is 4.90 Å². The van der Waals surface area contributed by atoms with Gasteiger partial charge in [-0.15, -0.1) is 0 Å². The minimum atomic E-state index is -4.51. The number of morpholine rings is 1. The van der Waals surface area contributed by atoms with E-state index in [0.717, 1.165) is 18.2 Å². The molecule has 0 aliphatic carbocycles. The van der Waals surface area contributed by atoms with E-state index in [4.69, 9.17) is 32.7 Å². The molecule has 9 heteroatoms. The number of rotatable bonds is 7. The fourth-order valence-electron chi connectivity index (χ4n) is 3.20. The first-order chi connectivity index (χ1) is 14.2. The molecule has 162 valence electrons. The van der Waals surface area contributed by atoms with Crippen LogP contribution in [0.5, 0.6) is 5.75 Å². The third-order valence-electron chi connectivity index (χ3n) is 4.81. The zero-order valence-corrected chi connectivity index (χ0v) is 17.4. The van der Waals surface area contributed by atoms with Crippen molar-refractivity contribution >= 4 is 28.4 Å². The minimum Gasteiger partial charge on any atom is -0.489 e. The topological polar surface area (TPSA) is 38.8 Å². The van der Waals surface area contributed by atoms with Gasteiger partial charge in [0.1, 0.15) is 12.4 Å². The van der Waals surface area contributed by atoms with E-state index < -0.39 is 11.7 Å². The average Bonchev–Trinajstić information content (AvgIpc) is 2.71. The molecule has 1 atom stereocenters. The van der Waals surface area contributed by atoms with Crippen molar-refractivity contribution in [1.29, 1.82) is 0 Å². The summed E-state index contributed by atoms with van der Waals surface area (Å²) in [5.41, 5.74) is 0.326. The number of hydrogen-bond acceptors (Lipinski definition) is 4. The fraction of sp³-hybridized carbons (Fsp3) is 0.381. The molecule has 0 amide bonds. The van der Waals surface area contributed by atoms with Crippen LogP contribution >= 0.6 is 23.2 Å². The molecule has 1 saturated heterocycles. The first kappa shape index (κ1) is 22.9. The minimum absolute atomic E-state index is 0.0811. The summed E-state index contributed by atoms with van der Waals surface area (Å²) in [6, 6.07) is 10.9. The van der Waals surface area contributed by atoms with Crippen LogP contribution < -0.4 is 4.74 Å². The van der Waals surface area contributed by atoms with Crippen LogP contribution in [-0.2, 0) is 22.3 Å². The first-order valence-electron chi connectivity index (χ1n) is 9.33. The Labute approximate surface area is 182 Å². The Bertz CT molecular complexity index is 875. The van der Waals surface area contributed by atoms with E-state index in [1.54, 1.807) is 12.1 Å². The third kappa shape index (κ3) is 6.11. The van der Waals surface area contributed by atoms with Crippen molar-refractivity contribution in [3.05, 3.63) is 64.2 Å². The summed E-state index contributed by atoms with van der Waals surface area (Å²) in [6.07, 6.45) is -4.37. The summed E-state index contributed by atoms with van der Waals surface area (Å²) < 4.78 is 50.3. The molecule has 1 aliphatic heterocycles. The summed E-state index contributed by atoms with van der Waals surface area (Å²) in [4.78, 5) is 13.1. The average molecular weight is 462 g/mol.